The van der Waals surface area contributed by atoms with Crippen LogP contribution >= 0.6 is 0 Å². The maximum absolute atomic E-state index is 13.8. The number of aryl methyl sites for hydroxylation is 1. The maximum Gasteiger partial charge on any atom is 0.408 e. The van der Waals surface area contributed by atoms with E-state index in [0.29, 0.717) is 5.56 Å². The fourth-order valence-corrected chi connectivity index (χ4v) is 3.66. The summed E-state index contributed by atoms with van der Waals surface area (Å²) in [5.41, 5.74) is 1.49. The van der Waals surface area contributed by atoms with E-state index in [9.17, 15) is 19.2 Å². The van der Waals surface area contributed by atoms with Crippen LogP contribution in [0.15, 0.2) is 18.2 Å². The smallest absolute Gasteiger partial charge is 0.408 e. The number of ether oxygens (including phenoxy) is 2. The largest absolute Gasteiger partial charge is 0.466 e. The molecule has 0 aromatic heterocycles. The summed E-state index contributed by atoms with van der Waals surface area (Å²) in [5.74, 6) is -1.59. The number of rotatable bonds is 11. The van der Waals surface area contributed by atoms with E-state index >= 15 is 0 Å². The van der Waals surface area contributed by atoms with Crippen molar-refractivity contribution in [2.24, 2.45) is 5.92 Å². The van der Waals surface area contributed by atoms with Gasteiger partial charge in [-0.15, -0.1) is 0 Å². The van der Waals surface area contributed by atoms with Crippen LogP contribution in [0.25, 0.3) is 0 Å². The van der Waals surface area contributed by atoms with Crippen molar-refractivity contribution in [2.45, 2.75) is 85.9 Å². The molecule has 0 saturated carbocycles. The van der Waals surface area contributed by atoms with Gasteiger partial charge in [-0.3, -0.25) is 19.3 Å². The lowest BCUT2D eigenvalue weighted by Crippen LogP contribution is -2.52. The van der Waals surface area contributed by atoms with Gasteiger partial charge in [0.05, 0.1) is 13.0 Å². The molecule has 9 heteroatoms. The van der Waals surface area contributed by atoms with Crippen molar-refractivity contribution in [1.82, 2.24) is 15.5 Å². The SMILES string of the molecule is C#CN(C(=O)C(CC(C)C)NC(=O)OC(C)(C)C)C(C(=O)NCCC(=O)OCC)c1cccc(C)c1C. The highest BCUT2D eigenvalue weighted by atomic mass is 16.6. The van der Waals surface area contributed by atoms with Crippen molar-refractivity contribution in [3.8, 4) is 12.5 Å². The highest BCUT2D eigenvalue weighted by Crippen LogP contribution is 2.27. The summed E-state index contributed by atoms with van der Waals surface area (Å²) in [6, 6.07) is 5.55. The van der Waals surface area contributed by atoms with Crippen molar-refractivity contribution in [3.05, 3.63) is 34.9 Å². The van der Waals surface area contributed by atoms with E-state index < -0.39 is 41.6 Å². The molecule has 1 rings (SSSR count). The van der Waals surface area contributed by atoms with Crippen LogP contribution in [0.2, 0.25) is 0 Å². The Balaban J connectivity index is 3.38. The molecule has 0 aliphatic rings. The summed E-state index contributed by atoms with van der Waals surface area (Å²) < 4.78 is 10.3. The van der Waals surface area contributed by atoms with E-state index in [1.165, 1.54) is 0 Å². The Kier molecular flexibility index (Phi) is 12.1. The molecular formula is C28H41N3O6. The summed E-state index contributed by atoms with van der Waals surface area (Å²) >= 11 is 0. The van der Waals surface area contributed by atoms with Crippen LogP contribution < -0.4 is 10.6 Å². The first-order valence-corrected chi connectivity index (χ1v) is 12.5. The lowest BCUT2D eigenvalue weighted by molar-refractivity contribution is -0.143. The minimum absolute atomic E-state index is 0.0111. The van der Waals surface area contributed by atoms with Crippen molar-refractivity contribution in [3.63, 3.8) is 0 Å². The van der Waals surface area contributed by atoms with Gasteiger partial charge in [0.15, 0.2) is 0 Å². The number of hydrogen-bond acceptors (Lipinski definition) is 6. The van der Waals surface area contributed by atoms with Crippen molar-refractivity contribution < 1.29 is 28.7 Å². The van der Waals surface area contributed by atoms with Gasteiger partial charge in [0.1, 0.15) is 17.7 Å². The molecule has 0 saturated heterocycles. The summed E-state index contributed by atoms with van der Waals surface area (Å²) in [6.45, 7) is 14.6. The zero-order valence-electron chi connectivity index (χ0n) is 23.3. The molecule has 204 valence electrons. The van der Waals surface area contributed by atoms with E-state index in [1.807, 2.05) is 33.8 Å². The average molecular weight is 516 g/mol. The van der Waals surface area contributed by atoms with E-state index in [0.717, 1.165) is 16.0 Å². The predicted molar refractivity (Wildman–Crippen MR) is 141 cm³/mol. The molecular weight excluding hydrogens is 474 g/mol. The summed E-state index contributed by atoms with van der Waals surface area (Å²) in [4.78, 5) is 52.5. The van der Waals surface area contributed by atoms with E-state index in [2.05, 4.69) is 16.7 Å². The number of amides is 3. The van der Waals surface area contributed by atoms with E-state index in [-0.39, 0.29) is 31.9 Å². The quantitative estimate of drug-likeness (QED) is 0.263. The van der Waals surface area contributed by atoms with Gasteiger partial charge in [-0.2, -0.15) is 0 Å². The molecule has 9 nitrogen and oxygen atoms in total. The zero-order valence-corrected chi connectivity index (χ0v) is 23.3. The minimum atomic E-state index is -1.19. The topological polar surface area (TPSA) is 114 Å². The van der Waals surface area contributed by atoms with E-state index in [1.54, 1.807) is 39.8 Å². The fourth-order valence-electron chi connectivity index (χ4n) is 3.66. The molecule has 0 aliphatic carbocycles. The third-order valence-electron chi connectivity index (χ3n) is 5.45. The first-order chi connectivity index (χ1) is 17.2. The minimum Gasteiger partial charge on any atom is -0.466 e. The number of carbonyl (C=O) groups excluding carboxylic acids is 4. The van der Waals surface area contributed by atoms with Crippen LogP contribution in [0.3, 0.4) is 0 Å². The molecule has 0 bridgehead atoms. The van der Waals surface area contributed by atoms with E-state index in [4.69, 9.17) is 15.9 Å². The Morgan fingerprint density at radius 2 is 1.78 bits per heavy atom. The molecule has 1 aromatic rings. The van der Waals surface area contributed by atoms with Gasteiger partial charge in [-0.05, 0) is 70.6 Å². The maximum atomic E-state index is 13.8. The Hall–Kier alpha value is -3.54. The number of esters is 1. The molecule has 0 heterocycles. The normalized spacial score (nSPS) is 12.6. The zero-order chi connectivity index (χ0) is 28.3. The molecule has 0 spiro atoms. The third-order valence-corrected chi connectivity index (χ3v) is 5.45. The summed E-state index contributed by atoms with van der Waals surface area (Å²) in [5, 5.41) is 5.32. The summed E-state index contributed by atoms with van der Waals surface area (Å²) in [6.07, 6.45) is 5.30. The Bertz CT molecular complexity index is 1010. The van der Waals surface area contributed by atoms with Gasteiger partial charge < -0.3 is 20.1 Å². The van der Waals surface area contributed by atoms with Crippen molar-refractivity contribution in [1.29, 1.82) is 0 Å². The van der Waals surface area contributed by atoms with Crippen LogP contribution in [0.1, 0.15) is 77.1 Å². The number of nitrogens with one attached hydrogen (secondary N) is 2. The number of benzene rings is 1. The van der Waals surface area contributed by atoms with Crippen molar-refractivity contribution >= 4 is 23.9 Å². The molecule has 0 fully saturated rings. The van der Waals surface area contributed by atoms with Crippen LogP contribution in [0, 0.1) is 32.2 Å². The fraction of sp³-hybridized carbons (Fsp3) is 0.571. The van der Waals surface area contributed by atoms with Gasteiger partial charge in [0.2, 0.25) is 5.91 Å². The summed E-state index contributed by atoms with van der Waals surface area (Å²) in [7, 11) is 0. The number of terminal acetylenes is 1. The molecule has 37 heavy (non-hydrogen) atoms. The Labute approximate surface area is 220 Å². The van der Waals surface area contributed by atoms with Gasteiger partial charge in [0, 0.05) is 12.6 Å². The van der Waals surface area contributed by atoms with Crippen LogP contribution in [-0.4, -0.2) is 53.6 Å². The molecule has 0 aliphatic heterocycles. The standard InChI is InChI=1S/C28H41N3O6/c1-10-31(26(34)22(17-18(3)4)30-27(35)37-28(7,8)9)24(21-14-12-13-19(5)20(21)6)25(33)29-16-15-23(32)36-11-2/h1,12-14,18,22,24H,11,15-17H2,2-9H3,(H,29,33)(H,30,35). The predicted octanol–water partition coefficient (Wildman–Crippen LogP) is 3.77. The molecule has 0 radical (unpaired) electrons. The van der Waals surface area contributed by atoms with Gasteiger partial charge in [0.25, 0.3) is 5.91 Å². The first kappa shape index (κ1) is 31.5. The van der Waals surface area contributed by atoms with Crippen molar-refractivity contribution in [2.75, 3.05) is 13.2 Å². The molecule has 2 unspecified atom stereocenters. The molecule has 1 aromatic carbocycles. The second kappa shape index (κ2) is 14.3. The second-order valence-electron chi connectivity index (χ2n) is 10.2. The number of carbonyl (C=O) groups is 4. The Morgan fingerprint density at radius 3 is 2.32 bits per heavy atom. The third kappa shape index (κ3) is 10.2. The van der Waals surface area contributed by atoms with Gasteiger partial charge in [-0.1, -0.05) is 38.5 Å². The monoisotopic (exact) mass is 515 g/mol. The molecule has 2 N–H and O–H groups in total. The lowest BCUT2D eigenvalue weighted by Gasteiger charge is -2.31. The number of nitrogens with zero attached hydrogens (tertiary/aromatic N) is 1. The highest BCUT2D eigenvalue weighted by molar-refractivity contribution is 5.93. The lowest BCUT2D eigenvalue weighted by atomic mass is 9.94. The van der Waals surface area contributed by atoms with Crippen LogP contribution in [0.5, 0.6) is 0 Å². The number of alkyl carbamates (subject to hydrolysis) is 1. The van der Waals surface area contributed by atoms with Gasteiger partial charge >= 0.3 is 12.1 Å². The number of hydrogen-bond donors (Lipinski definition) is 2. The highest BCUT2D eigenvalue weighted by Gasteiger charge is 2.37. The van der Waals surface area contributed by atoms with Gasteiger partial charge in [-0.25, -0.2) is 4.79 Å². The second-order valence-corrected chi connectivity index (χ2v) is 10.2. The van der Waals surface area contributed by atoms with Crippen LogP contribution in [-0.2, 0) is 23.9 Å². The average Bonchev–Trinajstić information content (AvgIpc) is 2.77. The molecule has 2 atom stereocenters. The molecule has 3 amide bonds. The Morgan fingerprint density at radius 1 is 1.14 bits per heavy atom. The first-order valence-electron chi connectivity index (χ1n) is 12.5. The van der Waals surface area contributed by atoms with Crippen LogP contribution in [0.4, 0.5) is 4.79 Å².